The average Bonchev–Trinajstić information content (AvgIpc) is 2.79. The van der Waals surface area contributed by atoms with E-state index >= 15 is 0 Å². The molecule has 0 bridgehead atoms. The molecule has 5 N–H and O–H groups in total. The highest BCUT2D eigenvalue weighted by Crippen LogP contribution is 2.63. The molecule has 1 aliphatic heterocycles. The van der Waals surface area contributed by atoms with Gasteiger partial charge in [0.15, 0.2) is 12.4 Å². The van der Waals surface area contributed by atoms with Crippen LogP contribution in [0.15, 0.2) is 24.3 Å². The van der Waals surface area contributed by atoms with E-state index in [1.54, 1.807) is 0 Å². The van der Waals surface area contributed by atoms with Crippen molar-refractivity contribution < 1.29 is 39.8 Å². The highest BCUT2D eigenvalue weighted by molar-refractivity contribution is 5.73. The van der Waals surface area contributed by atoms with Crippen molar-refractivity contribution in [3.05, 3.63) is 24.3 Å². The van der Waals surface area contributed by atoms with Gasteiger partial charge in [-0.3, -0.25) is 0 Å². The Hall–Kier alpha value is -1.29. The fourth-order valence-electron chi connectivity index (χ4n) is 7.29. The summed E-state index contributed by atoms with van der Waals surface area (Å²) in [5.74, 6) is -0.898. The Morgan fingerprint density at radius 1 is 1.15 bits per heavy atom. The molecule has 0 aromatic carbocycles. The lowest BCUT2D eigenvalue weighted by atomic mass is 9.45. The topological polar surface area (TPSA) is 137 Å². The van der Waals surface area contributed by atoms with Crippen LogP contribution in [0.3, 0.4) is 0 Å². The minimum atomic E-state index is -1.76. The molecule has 2 saturated carbocycles. The van der Waals surface area contributed by atoms with Gasteiger partial charge in [0.25, 0.3) is 0 Å². The Bertz CT molecular complexity index is 843. The first-order valence-electron chi connectivity index (χ1n) is 12.4. The summed E-state index contributed by atoms with van der Waals surface area (Å²) in [5.41, 5.74) is 0.929. The van der Waals surface area contributed by atoms with Gasteiger partial charge in [0.05, 0.1) is 12.7 Å². The van der Waals surface area contributed by atoms with E-state index in [4.69, 9.17) is 9.47 Å². The molecular formula is C26H40O8. The molecule has 8 nitrogen and oxygen atoms in total. The normalized spacial score (nSPS) is 51.1. The van der Waals surface area contributed by atoms with Crippen molar-refractivity contribution in [3.8, 4) is 0 Å². The highest BCUT2D eigenvalue weighted by Gasteiger charge is 2.59. The van der Waals surface area contributed by atoms with Crippen molar-refractivity contribution in [2.24, 2.45) is 28.1 Å². The molecule has 11 atom stereocenters. The van der Waals surface area contributed by atoms with Gasteiger partial charge in [0.2, 0.25) is 0 Å². The molecule has 4 rings (SSSR count). The number of fused-ring (bicyclic) bond motifs is 3. The van der Waals surface area contributed by atoms with Crippen molar-refractivity contribution in [1.82, 2.24) is 0 Å². The smallest absolute Gasteiger partial charge is 0.335 e. The Morgan fingerprint density at radius 2 is 1.85 bits per heavy atom. The molecule has 34 heavy (non-hydrogen) atoms. The van der Waals surface area contributed by atoms with Crippen LogP contribution >= 0.6 is 0 Å². The van der Waals surface area contributed by atoms with Crippen LogP contribution in [0, 0.1) is 28.1 Å². The zero-order valence-corrected chi connectivity index (χ0v) is 20.4. The third kappa shape index (κ3) is 4.06. The molecular weight excluding hydrogens is 440 g/mol. The Morgan fingerprint density at radius 3 is 2.50 bits per heavy atom. The average molecular weight is 481 g/mol. The maximum Gasteiger partial charge on any atom is 0.335 e. The van der Waals surface area contributed by atoms with Crippen LogP contribution in [0.2, 0.25) is 0 Å². The van der Waals surface area contributed by atoms with Gasteiger partial charge >= 0.3 is 5.97 Å². The number of aliphatic carboxylic acids is 1. The quantitative estimate of drug-likeness (QED) is 0.377. The Kier molecular flexibility index (Phi) is 6.81. The number of allylic oxidation sites excluding steroid dienone is 3. The molecule has 0 radical (unpaired) electrons. The number of aliphatic hydroxyl groups excluding tert-OH is 4. The summed E-state index contributed by atoms with van der Waals surface area (Å²) < 4.78 is 11.2. The standard InChI is InChI=1S/C26H40O8/c1-5-24(2)10-8-15-14(12-24)6-7-16-25(15,3)11-9-17(27)26(16,4)13-33-23-20(30)18(28)19(29)21(34-23)22(31)32/h5-6,15-21,23,27-30H,1,7-13H2,2-4H3,(H,31,32)/t15-,16+,17-,18+,19-,20-,21-,23+,24-,25+,26+/m0/s1. The second-order valence-electron chi connectivity index (χ2n) is 11.8. The summed E-state index contributed by atoms with van der Waals surface area (Å²) in [5, 5.41) is 50.9. The third-order valence-corrected chi connectivity index (χ3v) is 9.65. The van der Waals surface area contributed by atoms with Crippen molar-refractivity contribution in [3.63, 3.8) is 0 Å². The number of carboxylic acid groups (broad SMARTS) is 1. The molecule has 192 valence electrons. The lowest BCUT2D eigenvalue weighted by Crippen LogP contribution is -2.62. The number of rotatable bonds is 5. The Balaban J connectivity index is 1.55. The largest absolute Gasteiger partial charge is 0.479 e. The fourth-order valence-corrected chi connectivity index (χ4v) is 7.29. The first kappa shape index (κ1) is 25.8. The van der Waals surface area contributed by atoms with Crippen LogP contribution in [-0.4, -0.2) is 74.9 Å². The predicted molar refractivity (Wildman–Crippen MR) is 124 cm³/mol. The lowest BCUT2D eigenvalue weighted by Gasteiger charge is -2.61. The van der Waals surface area contributed by atoms with Gasteiger partial charge < -0.3 is 35.0 Å². The molecule has 0 aromatic rings. The van der Waals surface area contributed by atoms with E-state index < -0.39 is 48.2 Å². The van der Waals surface area contributed by atoms with Gasteiger partial charge in [-0.15, -0.1) is 6.58 Å². The van der Waals surface area contributed by atoms with E-state index in [0.717, 1.165) is 32.1 Å². The summed E-state index contributed by atoms with van der Waals surface area (Å²) in [6, 6.07) is 0. The second kappa shape index (κ2) is 8.98. The van der Waals surface area contributed by atoms with Crippen molar-refractivity contribution in [2.45, 2.75) is 96.1 Å². The summed E-state index contributed by atoms with van der Waals surface area (Å²) in [6.45, 7) is 10.7. The van der Waals surface area contributed by atoms with Crippen LogP contribution in [0.25, 0.3) is 0 Å². The van der Waals surface area contributed by atoms with E-state index in [0.29, 0.717) is 12.3 Å². The van der Waals surface area contributed by atoms with E-state index in [1.807, 2.05) is 6.92 Å². The number of hydrogen-bond acceptors (Lipinski definition) is 7. The molecule has 8 heteroatoms. The minimum absolute atomic E-state index is 0.0186. The third-order valence-electron chi connectivity index (χ3n) is 9.65. The van der Waals surface area contributed by atoms with Crippen LogP contribution in [0.1, 0.15) is 59.3 Å². The molecule has 0 spiro atoms. The van der Waals surface area contributed by atoms with Crippen molar-refractivity contribution in [2.75, 3.05) is 6.61 Å². The predicted octanol–water partition coefficient (Wildman–Crippen LogP) is 2.00. The van der Waals surface area contributed by atoms with Gasteiger partial charge in [0, 0.05) is 5.41 Å². The number of carboxylic acids is 1. The number of hydrogen-bond donors (Lipinski definition) is 5. The molecule has 0 unspecified atom stereocenters. The van der Waals surface area contributed by atoms with E-state index in [2.05, 4.69) is 32.6 Å². The van der Waals surface area contributed by atoms with Gasteiger partial charge in [0.1, 0.15) is 18.3 Å². The van der Waals surface area contributed by atoms with Gasteiger partial charge in [-0.25, -0.2) is 4.79 Å². The lowest BCUT2D eigenvalue weighted by molar-refractivity contribution is -0.306. The summed E-state index contributed by atoms with van der Waals surface area (Å²) in [4.78, 5) is 11.4. The zero-order valence-electron chi connectivity index (χ0n) is 20.4. The number of ether oxygens (including phenoxy) is 2. The second-order valence-corrected chi connectivity index (χ2v) is 11.8. The van der Waals surface area contributed by atoms with E-state index in [1.165, 1.54) is 5.57 Å². The van der Waals surface area contributed by atoms with Crippen LogP contribution in [-0.2, 0) is 14.3 Å². The monoisotopic (exact) mass is 480 g/mol. The molecule has 3 fully saturated rings. The van der Waals surface area contributed by atoms with Crippen LogP contribution in [0.4, 0.5) is 0 Å². The van der Waals surface area contributed by atoms with Crippen LogP contribution in [0.5, 0.6) is 0 Å². The summed E-state index contributed by atoms with van der Waals surface area (Å²) in [7, 11) is 0. The van der Waals surface area contributed by atoms with Crippen molar-refractivity contribution >= 4 is 5.97 Å². The van der Waals surface area contributed by atoms with Gasteiger partial charge in [-0.05, 0) is 61.2 Å². The first-order valence-corrected chi connectivity index (χ1v) is 12.4. The van der Waals surface area contributed by atoms with Crippen LogP contribution < -0.4 is 0 Å². The highest BCUT2D eigenvalue weighted by atomic mass is 16.7. The maximum atomic E-state index is 11.4. The van der Waals surface area contributed by atoms with Gasteiger partial charge in [-0.2, -0.15) is 0 Å². The number of aliphatic hydroxyl groups is 4. The molecule has 1 saturated heterocycles. The molecule has 1 heterocycles. The van der Waals surface area contributed by atoms with Gasteiger partial charge in [-0.1, -0.05) is 38.5 Å². The fraction of sp³-hybridized carbons (Fsp3) is 0.808. The molecule has 4 aliphatic rings. The summed E-state index contributed by atoms with van der Waals surface area (Å²) >= 11 is 0. The zero-order chi connectivity index (χ0) is 25.1. The minimum Gasteiger partial charge on any atom is -0.479 e. The van der Waals surface area contributed by atoms with Crippen molar-refractivity contribution in [1.29, 1.82) is 0 Å². The molecule has 0 aromatic heterocycles. The molecule has 3 aliphatic carbocycles. The Labute approximate surface area is 201 Å². The molecule has 0 amide bonds. The van der Waals surface area contributed by atoms with E-state index in [9.17, 15) is 30.3 Å². The SMILES string of the molecule is C=C[C@@]1(C)CC[C@H]2C(=CC[C@@H]3[C@]2(C)CC[C@H](O)[C@]3(C)CO[C@@H]2O[C@H](C(=O)O)[C@@H](O)[C@@H](O)[C@@H]2O)C1. The maximum absolute atomic E-state index is 11.4. The summed E-state index contributed by atoms with van der Waals surface area (Å²) in [6.07, 6.45) is 1.08. The number of carbonyl (C=O) groups is 1. The van der Waals surface area contributed by atoms with E-state index in [-0.39, 0.29) is 23.4 Å². The first-order chi connectivity index (χ1) is 15.9.